The van der Waals surface area contributed by atoms with Crippen molar-refractivity contribution in [3.63, 3.8) is 0 Å². The van der Waals surface area contributed by atoms with Crippen molar-refractivity contribution in [2.75, 3.05) is 0 Å². The van der Waals surface area contributed by atoms with Gasteiger partial charge >= 0.3 is 0 Å². The Morgan fingerprint density at radius 2 is 1.65 bits per heavy atom. The summed E-state index contributed by atoms with van der Waals surface area (Å²) >= 11 is 0. The molecule has 3 nitrogen and oxygen atoms in total. The minimum absolute atomic E-state index is 0.873. The van der Waals surface area contributed by atoms with E-state index in [2.05, 4.69) is 109 Å². The van der Waals surface area contributed by atoms with Gasteiger partial charge in [0.1, 0.15) is 12.9 Å². The van der Waals surface area contributed by atoms with E-state index in [1.807, 2.05) is 0 Å². The molecule has 1 aliphatic rings. The molecule has 3 heterocycles. The molecule has 6 rings (SSSR count). The van der Waals surface area contributed by atoms with Gasteiger partial charge in [0.05, 0.1) is 22.3 Å². The lowest BCUT2D eigenvalue weighted by atomic mass is 9.94. The molecule has 3 aromatic carbocycles. The summed E-state index contributed by atoms with van der Waals surface area (Å²) in [4.78, 5) is 4.93. The molecule has 0 amide bonds. The van der Waals surface area contributed by atoms with Crippen molar-refractivity contribution in [1.29, 1.82) is 0 Å². The van der Waals surface area contributed by atoms with Gasteiger partial charge in [-0.1, -0.05) is 54.6 Å². The van der Waals surface area contributed by atoms with E-state index in [-0.39, 0.29) is 0 Å². The summed E-state index contributed by atoms with van der Waals surface area (Å²) in [5.41, 5.74) is 12.5. The first-order valence-electron chi connectivity index (χ1n) is 10.8. The number of benzene rings is 3. The molecule has 0 bridgehead atoms. The first-order chi connectivity index (χ1) is 15.1. The standard InChI is InChI=1S/C28H24N3/c1-18-13-14-21-15-26-29-23-11-7-8-12-24(23)31(26)28(21)27(18)25-16-22(19(2)17-30(25)3)20-9-5-4-6-10-20/h4-14,16-17H,15H2,1-3H3/q+1. The quantitative estimate of drug-likeness (QED) is 0.340. The van der Waals surface area contributed by atoms with Crippen LogP contribution in [0.5, 0.6) is 0 Å². The third-order valence-corrected chi connectivity index (χ3v) is 6.49. The summed E-state index contributed by atoms with van der Waals surface area (Å²) in [6.45, 7) is 4.41. The number of hydrogen-bond donors (Lipinski definition) is 0. The Labute approximate surface area is 182 Å². The monoisotopic (exact) mass is 402 g/mol. The maximum atomic E-state index is 4.93. The highest BCUT2D eigenvalue weighted by Crippen LogP contribution is 2.40. The van der Waals surface area contributed by atoms with Gasteiger partial charge in [0.2, 0.25) is 5.69 Å². The van der Waals surface area contributed by atoms with E-state index >= 15 is 0 Å². The van der Waals surface area contributed by atoms with E-state index in [4.69, 9.17) is 4.98 Å². The second kappa shape index (κ2) is 6.64. The van der Waals surface area contributed by atoms with Crippen molar-refractivity contribution in [3.05, 3.63) is 102 Å². The molecule has 0 N–H and O–H groups in total. The van der Waals surface area contributed by atoms with E-state index in [1.54, 1.807) is 0 Å². The molecule has 2 aromatic heterocycles. The molecule has 150 valence electrons. The minimum atomic E-state index is 0.873. The molecule has 31 heavy (non-hydrogen) atoms. The highest BCUT2D eigenvalue weighted by Gasteiger charge is 2.29. The van der Waals surface area contributed by atoms with E-state index in [0.717, 1.165) is 17.8 Å². The average Bonchev–Trinajstić information content (AvgIpc) is 3.31. The lowest BCUT2D eigenvalue weighted by molar-refractivity contribution is -0.660. The number of aromatic nitrogens is 3. The summed E-state index contributed by atoms with van der Waals surface area (Å²) in [6, 6.07) is 26.0. The molecule has 0 saturated carbocycles. The second-order valence-corrected chi connectivity index (χ2v) is 8.53. The van der Waals surface area contributed by atoms with Crippen LogP contribution in [0, 0.1) is 13.8 Å². The van der Waals surface area contributed by atoms with Gasteiger partial charge in [-0.2, -0.15) is 0 Å². The van der Waals surface area contributed by atoms with Gasteiger partial charge < -0.3 is 0 Å². The topological polar surface area (TPSA) is 21.7 Å². The Balaban J connectivity index is 1.66. The maximum absolute atomic E-state index is 4.93. The number of nitrogens with zero attached hydrogens (tertiary/aromatic N) is 3. The SMILES string of the molecule is Cc1c[n+](C)c(-c2c(C)ccc3c2-n2c(nc4ccccc42)C3)cc1-c1ccccc1. The lowest BCUT2D eigenvalue weighted by Gasteiger charge is -2.15. The van der Waals surface area contributed by atoms with Crippen LogP contribution in [0.15, 0.2) is 79.0 Å². The molecule has 0 aliphatic carbocycles. The first kappa shape index (κ1) is 18.1. The number of imidazole rings is 1. The Kier molecular flexibility index (Phi) is 3.87. The normalized spacial score (nSPS) is 12.2. The molecule has 0 unspecified atom stereocenters. The number of aryl methyl sites for hydroxylation is 3. The van der Waals surface area contributed by atoms with Crippen LogP contribution in [0.1, 0.15) is 22.5 Å². The van der Waals surface area contributed by atoms with Crippen LogP contribution < -0.4 is 4.57 Å². The Hall–Kier alpha value is -3.72. The fourth-order valence-corrected chi connectivity index (χ4v) is 5.03. The molecule has 3 heteroatoms. The summed E-state index contributed by atoms with van der Waals surface area (Å²) in [6.07, 6.45) is 3.12. The number of fused-ring (bicyclic) bond motifs is 5. The van der Waals surface area contributed by atoms with E-state index < -0.39 is 0 Å². The highest BCUT2D eigenvalue weighted by atomic mass is 15.1. The van der Waals surface area contributed by atoms with Gasteiger partial charge in [-0.15, -0.1) is 0 Å². The predicted octanol–water partition coefficient (Wildman–Crippen LogP) is 5.71. The third kappa shape index (κ3) is 2.66. The van der Waals surface area contributed by atoms with Crippen LogP contribution in [0.4, 0.5) is 0 Å². The van der Waals surface area contributed by atoms with Crippen LogP contribution >= 0.6 is 0 Å². The van der Waals surface area contributed by atoms with Crippen LogP contribution in [-0.4, -0.2) is 9.55 Å². The van der Waals surface area contributed by atoms with E-state index in [9.17, 15) is 0 Å². The molecule has 0 radical (unpaired) electrons. The molecule has 0 saturated heterocycles. The fourth-order valence-electron chi connectivity index (χ4n) is 5.03. The summed E-state index contributed by atoms with van der Waals surface area (Å²) in [5, 5.41) is 0. The van der Waals surface area contributed by atoms with Gasteiger partial charge in [0, 0.05) is 18.1 Å². The predicted molar refractivity (Wildman–Crippen MR) is 125 cm³/mol. The van der Waals surface area contributed by atoms with Gasteiger partial charge in [0.25, 0.3) is 0 Å². The van der Waals surface area contributed by atoms with Crippen LogP contribution in [-0.2, 0) is 13.5 Å². The van der Waals surface area contributed by atoms with Crippen molar-refractivity contribution in [1.82, 2.24) is 9.55 Å². The average molecular weight is 403 g/mol. The largest absolute Gasteiger partial charge is 0.295 e. The summed E-state index contributed by atoms with van der Waals surface area (Å²) in [7, 11) is 2.15. The van der Waals surface area contributed by atoms with Crippen LogP contribution in [0.25, 0.3) is 39.1 Å². The number of hydrogen-bond acceptors (Lipinski definition) is 1. The van der Waals surface area contributed by atoms with Crippen LogP contribution in [0.2, 0.25) is 0 Å². The maximum Gasteiger partial charge on any atom is 0.215 e. The lowest BCUT2D eigenvalue weighted by Crippen LogP contribution is -2.32. The smallest absolute Gasteiger partial charge is 0.215 e. The van der Waals surface area contributed by atoms with Crippen molar-refractivity contribution in [2.24, 2.45) is 7.05 Å². The van der Waals surface area contributed by atoms with Crippen molar-refractivity contribution < 1.29 is 4.57 Å². The zero-order valence-electron chi connectivity index (χ0n) is 18.1. The molecule has 5 aromatic rings. The summed E-state index contributed by atoms with van der Waals surface area (Å²) in [5.74, 6) is 1.13. The molecule has 0 fully saturated rings. The van der Waals surface area contributed by atoms with E-state index in [0.29, 0.717) is 0 Å². The van der Waals surface area contributed by atoms with Crippen molar-refractivity contribution >= 4 is 11.0 Å². The van der Waals surface area contributed by atoms with E-state index in [1.165, 1.54) is 50.3 Å². The van der Waals surface area contributed by atoms with Crippen molar-refractivity contribution in [2.45, 2.75) is 20.3 Å². The molecule has 1 aliphatic heterocycles. The van der Waals surface area contributed by atoms with Gasteiger partial charge in [0.15, 0.2) is 6.20 Å². The van der Waals surface area contributed by atoms with Gasteiger partial charge in [-0.05, 0) is 48.2 Å². The molecule has 0 atom stereocenters. The highest BCUT2D eigenvalue weighted by molar-refractivity contribution is 5.86. The fraction of sp³-hybridized carbons (Fsp3) is 0.143. The number of pyridine rings is 1. The zero-order chi connectivity index (χ0) is 21.1. The Morgan fingerprint density at radius 3 is 2.48 bits per heavy atom. The third-order valence-electron chi connectivity index (χ3n) is 6.49. The molecular formula is C28H24N3+. The minimum Gasteiger partial charge on any atom is -0.295 e. The van der Waals surface area contributed by atoms with Crippen molar-refractivity contribution in [3.8, 4) is 28.1 Å². The van der Waals surface area contributed by atoms with Gasteiger partial charge in [-0.3, -0.25) is 4.57 Å². The zero-order valence-corrected chi connectivity index (χ0v) is 18.1. The van der Waals surface area contributed by atoms with Crippen LogP contribution in [0.3, 0.4) is 0 Å². The summed E-state index contributed by atoms with van der Waals surface area (Å²) < 4.78 is 4.64. The Bertz CT molecular complexity index is 1480. The number of rotatable bonds is 2. The first-order valence-corrected chi connectivity index (χ1v) is 10.8. The molecular weight excluding hydrogens is 378 g/mol. The second-order valence-electron chi connectivity index (χ2n) is 8.53. The Morgan fingerprint density at radius 1 is 0.871 bits per heavy atom. The number of para-hydroxylation sites is 2. The molecule has 0 spiro atoms. The van der Waals surface area contributed by atoms with Gasteiger partial charge in [-0.25, -0.2) is 9.55 Å².